The summed E-state index contributed by atoms with van der Waals surface area (Å²) in [5.41, 5.74) is 3.64. The Labute approximate surface area is 138 Å². The summed E-state index contributed by atoms with van der Waals surface area (Å²) >= 11 is 6.24. The molecule has 5 nitrogen and oxygen atoms in total. The standard InChI is InChI=1S/C17H18ClNO4/c1-2-22-16(20)9-23-17(21)12-8-15-11(7-13(12)18)10-5-3-4-6-14(10)19-15/h7-8,19H,2-6,9H2,1H3. The number of ether oxygens (including phenoxy) is 2. The summed E-state index contributed by atoms with van der Waals surface area (Å²) in [7, 11) is 0. The number of aromatic amines is 1. The molecule has 0 unspecified atom stereocenters. The van der Waals surface area contributed by atoms with Crippen LogP contribution in [-0.2, 0) is 27.1 Å². The lowest BCUT2D eigenvalue weighted by Crippen LogP contribution is -2.16. The fourth-order valence-electron chi connectivity index (χ4n) is 2.99. The summed E-state index contributed by atoms with van der Waals surface area (Å²) in [5, 5.41) is 1.39. The minimum atomic E-state index is -0.627. The first kappa shape index (κ1) is 15.9. The summed E-state index contributed by atoms with van der Waals surface area (Å²) in [6.07, 6.45) is 4.38. The van der Waals surface area contributed by atoms with E-state index in [1.54, 1.807) is 19.1 Å². The van der Waals surface area contributed by atoms with Gasteiger partial charge >= 0.3 is 11.9 Å². The van der Waals surface area contributed by atoms with Crippen LogP contribution in [-0.4, -0.2) is 30.1 Å². The van der Waals surface area contributed by atoms with Crippen molar-refractivity contribution in [2.75, 3.05) is 13.2 Å². The fraction of sp³-hybridized carbons (Fsp3) is 0.412. The molecule has 0 atom stereocenters. The zero-order valence-corrected chi connectivity index (χ0v) is 13.7. The maximum absolute atomic E-state index is 12.1. The number of H-pyrrole nitrogens is 1. The number of carbonyl (C=O) groups excluding carboxylic acids is 2. The minimum Gasteiger partial charge on any atom is -0.463 e. The molecule has 2 aromatic rings. The van der Waals surface area contributed by atoms with Crippen molar-refractivity contribution in [1.29, 1.82) is 0 Å². The van der Waals surface area contributed by atoms with Crippen molar-refractivity contribution >= 4 is 34.4 Å². The molecule has 1 aromatic carbocycles. The van der Waals surface area contributed by atoms with E-state index in [9.17, 15) is 9.59 Å². The Balaban J connectivity index is 1.85. The van der Waals surface area contributed by atoms with Crippen molar-refractivity contribution in [3.63, 3.8) is 0 Å². The molecule has 0 amide bonds. The van der Waals surface area contributed by atoms with E-state index in [0.29, 0.717) is 5.02 Å². The molecule has 1 aromatic heterocycles. The highest BCUT2D eigenvalue weighted by Crippen LogP contribution is 2.32. The molecule has 0 saturated heterocycles. The molecule has 23 heavy (non-hydrogen) atoms. The van der Waals surface area contributed by atoms with Gasteiger partial charge in [0.25, 0.3) is 0 Å². The van der Waals surface area contributed by atoms with Crippen LogP contribution in [0, 0.1) is 0 Å². The summed E-state index contributed by atoms with van der Waals surface area (Å²) < 4.78 is 9.69. The molecular formula is C17H18ClNO4. The summed E-state index contributed by atoms with van der Waals surface area (Å²) in [6, 6.07) is 3.50. The van der Waals surface area contributed by atoms with Crippen LogP contribution >= 0.6 is 11.6 Å². The van der Waals surface area contributed by atoms with Gasteiger partial charge in [-0.3, -0.25) is 0 Å². The quantitative estimate of drug-likeness (QED) is 0.869. The number of aryl methyl sites for hydroxylation is 2. The van der Waals surface area contributed by atoms with Gasteiger partial charge in [0.15, 0.2) is 6.61 Å². The van der Waals surface area contributed by atoms with E-state index in [2.05, 4.69) is 4.98 Å². The van der Waals surface area contributed by atoms with Crippen molar-refractivity contribution in [2.24, 2.45) is 0 Å². The normalized spacial score (nSPS) is 13.7. The second kappa shape index (κ2) is 6.62. The molecule has 1 N–H and O–H groups in total. The number of hydrogen-bond donors (Lipinski definition) is 1. The number of rotatable bonds is 4. The molecule has 0 saturated carbocycles. The highest BCUT2D eigenvalue weighted by Gasteiger charge is 2.20. The van der Waals surface area contributed by atoms with Crippen molar-refractivity contribution < 1.29 is 19.1 Å². The van der Waals surface area contributed by atoms with Crippen molar-refractivity contribution in [3.8, 4) is 0 Å². The Morgan fingerprint density at radius 2 is 2.00 bits per heavy atom. The average Bonchev–Trinajstić information content (AvgIpc) is 2.90. The van der Waals surface area contributed by atoms with Gasteiger partial charge in [-0.05, 0) is 50.3 Å². The molecule has 1 heterocycles. The van der Waals surface area contributed by atoms with Gasteiger partial charge in [0.05, 0.1) is 17.2 Å². The smallest absolute Gasteiger partial charge is 0.344 e. The Hall–Kier alpha value is -2.01. The molecule has 0 fully saturated rings. The Bertz CT molecular complexity index is 766. The second-order valence-electron chi connectivity index (χ2n) is 5.55. The van der Waals surface area contributed by atoms with Gasteiger partial charge in [-0.1, -0.05) is 11.6 Å². The topological polar surface area (TPSA) is 68.4 Å². The first-order chi connectivity index (χ1) is 11.1. The number of aromatic nitrogens is 1. The van der Waals surface area contributed by atoms with Crippen molar-refractivity contribution in [1.82, 2.24) is 4.98 Å². The van der Waals surface area contributed by atoms with Crippen molar-refractivity contribution in [3.05, 3.63) is 34.0 Å². The summed E-state index contributed by atoms with van der Waals surface area (Å²) in [6.45, 7) is 1.52. The van der Waals surface area contributed by atoms with E-state index in [-0.39, 0.29) is 12.2 Å². The Kier molecular flexibility index (Phi) is 4.57. The van der Waals surface area contributed by atoms with E-state index in [4.69, 9.17) is 21.1 Å². The molecule has 1 aliphatic carbocycles. The van der Waals surface area contributed by atoms with Crippen LogP contribution < -0.4 is 0 Å². The van der Waals surface area contributed by atoms with Crippen LogP contribution in [0.25, 0.3) is 10.9 Å². The maximum Gasteiger partial charge on any atom is 0.344 e. The third-order valence-electron chi connectivity index (χ3n) is 4.03. The van der Waals surface area contributed by atoms with Crippen molar-refractivity contribution in [2.45, 2.75) is 32.6 Å². The van der Waals surface area contributed by atoms with Gasteiger partial charge in [-0.25, -0.2) is 9.59 Å². The van der Waals surface area contributed by atoms with E-state index in [1.165, 1.54) is 24.1 Å². The average molecular weight is 336 g/mol. The minimum absolute atomic E-state index is 0.247. The lowest BCUT2D eigenvalue weighted by Gasteiger charge is -2.10. The maximum atomic E-state index is 12.1. The van der Waals surface area contributed by atoms with Crippen LogP contribution in [0.5, 0.6) is 0 Å². The molecule has 0 bridgehead atoms. The predicted molar refractivity (Wildman–Crippen MR) is 86.9 cm³/mol. The number of hydrogen-bond acceptors (Lipinski definition) is 4. The summed E-state index contributed by atoms with van der Waals surface area (Å²) in [4.78, 5) is 26.8. The molecule has 1 aliphatic rings. The lowest BCUT2D eigenvalue weighted by atomic mass is 9.95. The Morgan fingerprint density at radius 3 is 2.78 bits per heavy atom. The fourth-order valence-corrected chi connectivity index (χ4v) is 3.23. The highest BCUT2D eigenvalue weighted by molar-refractivity contribution is 6.34. The highest BCUT2D eigenvalue weighted by atomic mass is 35.5. The van der Waals surface area contributed by atoms with Crippen LogP contribution in [0.1, 0.15) is 41.4 Å². The van der Waals surface area contributed by atoms with Crippen LogP contribution in [0.3, 0.4) is 0 Å². The van der Waals surface area contributed by atoms with Gasteiger partial charge in [0, 0.05) is 16.6 Å². The van der Waals surface area contributed by atoms with E-state index >= 15 is 0 Å². The van der Waals surface area contributed by atoms with Gasteiger partial charge < -0.3 is 14.5 Å². The van der Waals surface area contributed by atoms with Gasteiger partial charge in [-0.2, -0.15) is 0 Å². The van der Waals surface area contributed by atoms with Gasteiger partial charge in [0.2, 0.25) is 0 Å². The monoisotopic (exact) mass is 335 g/mol. The van der Waals surface area contributed by atoms with Gasteiger partial charge in [-0.15, -0.1) is 0 Å². The van der Waals surface area contributed by atoms with Crippen LogP contribution in [0.4, 0.5) is 0 Å². The molecule has 3 rings (SSSR count). The van der Waals surface area contributed by atoms with E-state index in [0.717, 1.165) is 23.7 Å². The molecule has 0 radical (unpaired) electrons. The lowest BCUT2D eigenvalue weighted by molar-refractivity contribution is -0.146. The zero-order valence-electron chi connectivity index (χ0n) is 12.9. The van der Waals surface area contributed by atoms with E-state index < -0.39 is 18.5 Å². The van der Waals surface area contributed by atoms with Gasteiger partial charge in [0.1, 0.15) is 0 Å². The summed E-state index contributed by atoms with van der Waals surface area (Å²) in [5.74, 6) is -1.20. The zero-order chi connectivity index (χ0) is 16.4. The van der Waals surface area contributed by atoms with E-state index in [1.807, 2.05) is 0 Å². The van der Waals surface area contributed by atoms with Crippen LogP contribution in [0.2, 0.25) is 5.02 Å². The first-order valence-electron chi connectivity index (χ1n) is 7.76. The number of halogens is 1. The number of fused-ring (bicyclic) bond motifs is 3. The first-order valence-corrected chi connectivity index (χ1v) is 8.13. The molecule has 122 valence electrons. The molecule has 0 aliphatic heterocycles. The third kappa shape index (κ3) is 3.20. The molecule has 6 heteroatoms. The molecular weight excluding hydrogens is 318 g/mol. The number of esters is 2. The predicted octanol–water partition coefficient (Wildman–Crippen LogP) is 3.42. The second-order valence-corrected chi connectivity index (χ2v) is 5.96. The SMILES string of the molecule is CCOC(=O)COC(=O)c1cc2[nH]c3c(c2cc1Cl)CCCC3. The largest absolute Gasteiger partial charge is 0.463 e. The molecule has 0 spiro atoms. The third-order valence-corrected chi connectivity index (χ3v) is 4.34. The Morgan fingerprint density at radius 1 is 1.22 bits per heavy atom. The number of benzene rings is 1. The number of nitrogens with one attached hydrogen (secondary N) is 1. The number of carbonyl (C=O) groups is 2. The van der Waals surface area contributed by atoms with Crippen LogP contribution in [0.15, 0.2) is 12.1 Å².